The Morgan fingerprint density at radius 3 is 2.05 bits per heavy atom. The van der Waals surface area contributed by atoms with Gasteiger partial charge in [-0.2, -0.15) is 0 Å². The Morgan fingerprint density at radius 2 is 1.57 bits per heavy atom. The summed E-state index contributed by atoms with van der Waals surface area (Å²) in [5.74, 6) is 2.61. The Kier molecular flexibility index (Phi) is 6.29. The fourth-order valence-electron chi connectivity index (χ4n) is 4.00. The van der Waals surface area contributed by atoms with Crippen LogP contribution >= 0.6 is 0 Å². The Bertz CT molecular complexity index is 398. The van der Waals surface area contributed by atoms with Crippen molar-refractivity contribution in [3.63, 3.8) is 0 Å². The number of benzene rings is 1. The predicted molar refractivity (Wildman–Crippen MR) is 92.5 cm³/mol. The zero-order chi connectivity index (χ0) is 15.2. The Hall–Kier alpha value is -0.820. The lowest BCUT2D eigenvalue weighted by molar-refractivity contribution is 0.192. The molecule has 1 aliphatic carbocycles. The van der Waals surface area contributed by atoms with Gasteiger partial charge >= 0.3 is 0 Å². The van der Waals surface area contributed by atoms with Crippen molar-refractivity contribution in [2.45, 2.75) is 65.3 Å². The molecule has 1 nitrogen and oxygen atoms in total. The predicted octanol–water partition coefficient (Wildman–Crippen LogP) is 5.36. The van der Waals surface area contributed by atoms with Gasteiger partial charge in [0.15, 0.2) is 0 Å². The van der Waals surface area contributed by atoms with E-state index in [-0.39, 0.29) is 0 Å². The summed E-state index contributed by atoms with van der Waals surface area (Å²) < 4.78 is 0. The van der Waals surface area contributed by atoms with Crippen LogP contribution in [0.5, 0.6) is 0 Å². The molecular formula is C20H33N. The maximum Gasteiger partial charge on any atom is 0.0346 e. The number of hydrogen-bond acceptors (Lipinski definition) is 1. The highest BCUT2D eigenvalue weighted by atomic mass is 14.9. The van der Waals surface area contributed by atoms with Crippen LogP contribution in [0.15, 0.2) is 24.3 Å². The molecule has 118 valence electrons. The van der Waals surface area contributed by atoms with Crippen molar-refractivity contribution in [2.75, 3.05) is 7.05 Å². The summed E-state index contributed by atoms with van der Waals surface area (Å²) in [6.07, 6.45) is 8.01. The summed E-state index contributed by atoms with van der Waals surface area (Å²) in [4.78, 5) is 0. The largest absolute Gasteiger partial charge is 0.313 e. The van der Waals surface area contributed by atoms with Crippen LogP contribution < -0.4 is 5.32 Å². The van der Waals surface area contributed by atoms with Crippen molar-refractivity contribution < 1.29 is 0 Å². The third-order valence-electron chi connectivity index (χ3n) is 5.42. The van der Waals surface area contributed by atoms with Crippen molar-refractivity contribution in [3.8, 4) is 0 Å². The van der Waals surface area contributed by atoms with Crippen LogP contribution in [0.1, 0.15) is 70.0 Å². The van der Waals surface area contributed by atoms with Crippen molar-refractivity contribution in [3.05, 3.63) is 35.4 Å². The number of aryl methyl sites for hydroxylation is 1. The summed E-state index contributed by atoms with van der Waals surface area (Å²) in [7, 11) is 2.12. The molecule has 0 aromatic heterocycles. The molecule has 1 unspecified atom stereocenters. The lowest BCUT2D eigenvalue weighted by Gasteiger charge is -2.35. The van der Waals surface area contributed by atoms with Gasteiger partial charge in [-0.15, -0.1) is 0 Å². The molecule has 1 aromatic carbocycles. The highest BCUT2D eigenvalue weighted by Crippen LogP contribution is 2.39. The second-order valence-electron chi connectivity index (χ2n) is 7.18. The first-order valence-corrected chi connectivity index (χ1v) is 8.91. The van der Waals surface area contributed by atoms with Gasteiger partial charge in [-0.1, -0.05) is 51.5 Å². The molecule has 0 spiro atoms. The maximum absolute atomic E-state index is 3.58. The zero-order valence-corrected chi connectivity index (χ0v) is 14.4. The second-order valence-corrected chi connectivity index (χ2v) is 7.18. The molecule has 1 saturated carbocycles. The third-order valence-corrected chi connectivity index (χ3v) is 5.42. The number of rotatable bonds is 6. The van der Waals surface area contributed by atoms with Gasteiger partial charge in [0.05, 0.1) is 0 Å². The molecule has 0 saturated heterocycles. The Labute approximate surface area is 131 Å². The van der Waals surface area contributed by atoms with Crippen molar-refractivity contribution in [1.29, 1.82) is 0 Å². The average molecular weight is 287 g/mol. The molecule has 0 radical (unpaired) electrons. The summed E-state index contributed by atoms with van der Waals surface area (Å²) in [6.45, 7) is 7.01. The van der Waals surface area contributed by atoms with Crippen LogP contribution in [-0.4, -0.2) is 7.05 Å². The lowest BCUT2D eigenvalue weighted by Crippen LogP contribution is -2.29. The monoisotopic (exact) mass is 287 g/mol. The van der Waals surface area contributed by atoms with Gasteiger partial charge in [0.25, 0.3) is 0 Å². The van der Waals surface area contributed by atoms with Gasteiger partial charge in [0.1, 0.15) is 0 Å². The molecule has 0 bridgehead atoms. The van der Waals surface area contributed by atoms with Gasteiger partial charge in [-0.3, -0.25) is 0 Å². The van der Waals surface area contributed by atoms with E-state index >= 15 is 0 Å². The molecule has 21 heavy (non-hydrogen) atoms. The molecule has 1 aromatic rings. The van der Waals surface area contributed by atoms with Gasteiger partial charge in [-0.25, -0.2) is 0 Å². The van der Waals surface area contributed by atoms with Crippen LogP contribution in [0.25, 0.3) is 0 Å². The zero-order valence-electron chi connectivity index (χ0n) is 14.4. The third kappa shape index (κ3) is 4.32. The Morgan fingerprint density at radius 1 is 1.00 bits per heavy atom. The minimum absolute atomic E-state index is 0.536. The van der Waals surface area contributed by atoms with Gasteiger partial charge in [-0.05, 0) is 68.0 Å². The van der Waals surface area contributed by atoms with E-state index in [0.717, 1.165) is 17.8 Å². The molecule has 2 rings (SSSR count). The van der Waals surface area contributed by atoms with Crippen molar-refractivity contribution in [1.82, 2.24) is 5.32 Å². The van der Waals surface area contributed by atoms with E-state index < -0.39 is 0 Å². The Balaban J connectivity index is 1.99. The van der Waals surface area contributed by atoms with Crippen molar-refractivity contribution in [2.24, 2.45) is 17.8 Å². The van der Waals surface area contributed by atoms with Gasteiger partial charge in [0, 0.05) is 6.04 Å². The molecule has 1 aliphatic rings. The molecule has 0 heterocycles. The first-order chi connectivity index (χ1) is 10.2. The minimum atomic E-state index is 0.536. The van der Waals surface area contributed by atoms with E-state index in [9.17, 15) is 0 Å². The summed E-state index contributed by atoms with van der Waals surface area (Å²) in [5, 5.41) is 3.58. The van der Waals surface area contributed by atoms with Crippen LogP contribution in [0.3, 0.4) is 0 Å². The fraction of sp³-hybridized carbons (Fsp3) is 0.700. The average Bonchev–Trinajstić information content (AvgIpc) is 2.50. The SMILES string of the molecule is CCCc1ccc(C(NC)C2CCC(C(C)C)CC2)cc1. The first kappa shape index (κ1) is 16.5. The summed E-state index contributed by atoms with van der Waals surface area (Å²) >= 11 is 0. The van der Waals surface area contributed by atoms with Crippen LogP contribution in [0.4, 0.5) is 0 Å². The topological polar surface area (TPSA) is 12.0 Å². The second kappa shape index (κ2) is 7.98. The first-order valence-electron chi connectivity index (χ1n) is 8.91. The quantitative estimate of drug-likeness (QED) is 0.742. The van der Waals surface area contributed by atoms with Crippen LogP contribution in [0.2, 0.25) is 0 Å². The smallest absolute Gasteiger partial charge is 0.0346 e. The van der Waals surface area contributed by atoms with Gasteiger partial charge < -0.3 is 5.32 Å². The van der Waals surface area contributed by atoms with Crippen molar-refractivity contribution >= 4 is 0 Å². The molecule has 1 atom stereocenters. The van der Waals surface area contributed by atoms with Crippen LogP contribution in [-0.2, 0) is 6.42 Å². The highest BCUT2D eigenvalue weighted by molar-refractivity contribution is 5.25. The molecule has 1 fully saturated rings. The van der Waals surface area contributed by atoms with Gasteiger partial charge in [0.2, 0.25) is 0 Å². The standard InChI is InChI=1S/C20H33N/c1-5-6-16-7-9-18(10-8-16)20(21-4)19-13-11-17(12-14-19)15(2)3/h7-10,15,17,19-21H,5-6,11-14H2,1-4H3. The maximum atomic E-state index is 3.58. The lowest BCUT2D eigenvalue weighted by atomic mass is 9.73. The summed E-state index contributed by atoms with van der Waals surface area (Å²) in [5.41, 5.74) is 2.95. The molecule has 1 N–H and O–H groups in total. The fourth-order valence-corrected chi connectivity index (χ4v) is 4.00. The summed E-state index contributed by atoms with van der Waals surface area (Å²) in [6, 6.07) is 9.88. The van der Waals surface area contributed by atoms with E-state index in [1.165, 1.54) is 49.7 Å². The van der Waals surface area contributed by atoms with E-state index in [4.69, 9.17) is 0 Å². The van der Waals surface area contributed by atoms with E-state index in [2.05, 4.69) is 57.4 Å². The minimum Gasteiger partial charge on any atom is -0.313 e. The number of hydrogen-bond donors (Lipinski definition) is 1. The molecule has 0 amide bonds. The normalized spacial score (nSPS) is 24.2. The number of nitrogens with one attached hydrogen (secondary N) is 1. The molecular weight excluding hydrogens is 254 g/mol. The van der Waals surface area contributed by atoms with Crippen LogP contribution in [0, 0.1) is 17.8 Å². The van der Waals surface area contributed by atoms with E-state index in [1.54, 1.807) is 0 Å². The van der Waals surface area contributed by atoms with E-state index in [1.807, 2.05) is 0 Å². The molecule has 0 aliphatic heterocycles. The molecule has 1 heteroatoms. The van der Waals surface area contributed by atoms with E-state index in [0.29, 0.717) is 6.04 Å². The highest BCUT2D eigenvalue weighted by Gasteiger charge is 2.28.